The topological polar surface area (TPSA) is 18.1 Å². The molecule has 0 bridgehead atoms. The molecule has 0 aliphatic carbocycles. The van der Waals surface area contributed by atoms with Crippen LogP contribution in [0.2, 0.25) is 0 Å². The Bertz CT molecular complexity index is 2410. The molecular weight excluding hydrogens is 518 g/mol. The van der Waals surface area contributed by atoms with E-state index in [9.17, 15) is 0 Å². The van der Waals surface area contributed by atoms with Gasteiger partial charge in [0.1, 0.15) is 11.2 Å². The number of aromatic nitrogens is 1. The third-order valence-corrected chi connectivity index (χ3v) is 9.38. The second kappa shape index (κ2) is 8.69. The van der Waals surface area contributed by atoms with Gasteiger partial charge in [0.05, 0.1) is 15.7 Å². The Morgan fingerprint density at radius 2 is 1.27 bits per heavy atom. The highest BCUT2D eigenvalue weighted by Crippen LogP contribution is 2.44. The van der Waals surface area contributed by atoms with E-state index in [2.05, 4.69) is 144 Å². The van der Waals surface area contributed by atoms with Crippen LogP contribution in [0.15, 0.2) is 144 Å². The molecule has 9 aromatic rings. The van der Waals surface area contributed by atoms with Gasteiger partial charge in [0, 0.05) is 37.5 Å². The van der Waals surface area contributed by atoms with Gasteiger partial charge in [-0.05, 0) is 53.1 Å². The molecule has 3 heteroatoms. The van der Waals surface area contributed by atoms with E-state index < -0.39 is 0 Å². The number of nitrogens with zero attached hydrogens (tertiary/aromatic N) is 1. The van der Waals surface area contributed by atoms with Crippen molar-refractivity contribution in [2.75, 3.05) is 0 Å². The Labute approximate surface area is 240 Å². The largest absolute Gasteiger partial charge is 0.455 e. The lowest BCUT2D eigenvalue weighted by molar-refractivity contribution is 0.670. The molecule has 0 N–H and O–H groups in total. The zero-order valence-corrected chi connectivity index (χ0v) is 22.9. The summed E-state index contributed by atoms with van der Waals surface area (Å²) in [7, 11) is 0. The van der Waals surface area contributed by atoms with Crippen molar-refractivity contribution in [3.63, 3.8) is 0 Å². The SMILES string of the molecule is c1ccc(-c2ccc3oc4c(-c5ccc6c(c5)sc5c7ccccc7n(-c7ccccc7)c65)cccc4c3c2)cc1. The van der Waals surface area contributed by atoms with Gasteiger partial charge in [0.15, 0.2) is 0 Å². The van der Waals surface area contributed by atoms with Gasteiger partial charge in [-0.15, -0.1) is 11.3 Å². The van der Waals surface area contributed by atoms with E-state index >= 15 is 0 Å². The maximum Gasteiger partial charge on any atom is 0.143 e. The maximum atomic E-state index is 6.52. The Morgan fingerprint density at radius 1 is 0.512 bits per heavy atom. The van der Waals surface area contributed by atoms with Gasteiger partial charge in [-0.1, -0.05) is 103 Å². The first-order valence-electron chi connectivity index (χ1n) is 13.9. The van der Waals surface area contributed by atoms with Crippen LogP contribution in [0.4, 0.5) is 0 Å². The molecule has 0 aliphatic rings. The van der Waals surface area contributed by atoms with E-state index in [1.54, 1.807) is 0 Å². The summed E-state index contributed by atoms with van der Waals surface area (Å²) in [5.74, 6) is 0. The predicted molar refractivity (Wildman–Crippen MR) is 174 cm³/mol. The molecule has 0 aliphatic heterocycles. The van der Waals surface area contributed by atoms with Gasteiger partial charge in [0.2, 0.25) is 0 Å². The lowest BCUT2D eigenvalue weighted by atomic mass is 10.00. The summed E-state index contributed by atoms with van der Waals surface area (Å²) in [6.07, 6.45) is 0. The summed E-state index contributed by atoms with van der Waals surface area (Å²) in [4.78, 5) is 0. The first-order chi connectivity index (χ1) is 20.3. The molecule has 9 rings (SSSR count). The zero-order chi connectivity index (χ0) is 26.9. The van der Waals surface area contributed by atoms with Crippen molar-refractivity contribution in [3.8, 4) is 27.9 Å². The van der Waals surface area contributed by atoms with Gasteiger partial charge < -0.3 is 8.98 Å². The van der Waals surface area contributed by atoms with Crippen LogP contribution in [0.5, 0.6) is 0 Å². The van der Waals surface area contributed by atoms with Crippen LogP contribution in [0.25, 0.3) is 81.1 Å². The van der Waals surface area contributed by atoms with Crippen molar-refractivity contribution >= 4 is 64.5 Å². The molecule has 0 atom stereocenters. The summed E-state index contributed by atoms with van der Waals surface area (Å²) >= 11 is 1.87. The Kier molecular flexibility index (Phi) is 4.80. The van der Waals surface area contributed by atoms with Crippen LogP contribution >= 0.6 is 11.3 Å². The Hall–Kier alpha value is -5.12. The molecule has 3 aromatic heterocycles. The van der Waals surface area contributed by atoms with E-state index in [4.69, 9.17) is 4.42 Å². The smallest absolute Gasteiger partial charge is 0.143 e. The second-order valence-corrected chi connectivity index (χ2v) is 11.6. The van der Waals surface area contributed by atoms with Crippen LogP contribution in [0, 0.1) is 0 Å². The highest BCUT2D eigenvalue weighted by atomic mass is 32.1. The molecule has 0 unspecified atom stereocenters. The highest BCUT2D eigenvalue weighted by Gasteiger charge is 2.19. The monoisotopic (exact) mass is 541 g/mol. The number of fused-ring (bicyclic) bond motifs is 8. The molecule has 3 heterocycles. The minimum atomic E-state index is 0.915. The van der Waals surface area contributed by atoms with Gasteiger partial charge in [-0.25, -0.2) is 0 Å². The summed E-state index contributed by atoms with van der Waals surface area (Å²) in [5.41, 5.74) is 10.3. The van der Waals surface area contributed by atoms with Crippen LogP contribution in [-0.4, -0.2) is 4.57 Å². The molecule has 0 saturated carbocycles. The molecule has 2 nitrogen and oxygen atoms in total. The van der Waals surface area contributed by atoms with Crippen molar-refractivity contribution in [3.05, 3.63) is 140 Å². The van der Waals surface area contributed by atoms with Crippen molar-refractivity contribution in [2.45, 2.75) is 0 Å². The average molecular weight is 542 g/mol. The second-order valence-electron chi connectivity index (χ2n) is 10.5. The van der Waals surface area contributed by atoms with Crippen molar-refractivity contribution < 1.29 is 4.42 Å². The van der Waals surface area contributed by atoms with E-state index in [1.807, 2.05) is 11.3 Å². The number of rotatable bonds is 3. The third kappa shape index (κ3) is 3.36. The Balaban J connectivity index is 1.25. The van der Waals surface area contributed by atoms with Gasteiger partial charge in [-0.3, -0.25) is 0 Å². The van der Waals surface area contributed by atoms with Crippen molar-refractivity contribution in [1.82, 2.24) is 4.57 Å². The summed E-state index contributed by atoms with van der Waals surface area (Å²) in [6.45, 7) is 0. The molecule has 0 saturated heterocycles. The van der Waals surface area contributed by atoms with Gasteiger partial charge in [0.25, 0.3) is 0 Å². The molecule has 0 radical (unpaired) electrons. The van der Waals surface area contributed by atoms with Gasteiger partial charge in [-0.2, -0.15) is 0 Å². The molecule has 0 fully saturated rings. The number of hydrogen-bond donors (Lipinski definition) is 0. The minimum absolute atomic E-state index is 0.915. The molecule has 0 amide bonds. The molecule has 192 valence electrons. The van der Waals surface area contributed by atoms with E-state index in [1.165, 1.54) is 53.6 Å². The average Bonchev–Trinajstić information content (AvgIpc) is 3.70. The van der Waals surface area contributed by atoms with E-state index in [0.717, 1.165) is 27.5 Å². The maximum absolute atomic E-state index is 6.52. The molecule has 41 heavy (non-hydrogen) atoms. The van der Waals surface area contributed by atoms with Crippen molar-refractivity contribution in [1.29, 1.82) is 0 Å². The normalized spacial score (nSPS) is 11.9. The number of thiophene rings is 1. The van der Waals surface area contributed by atoms with E-state index in [0.29, 0.717) is 0 Å². The predicted octanol–water partition coefficient (Wildman–Crippen LogP) is 11.2. The van der Waals surface area contributed by atoms with Gasteiger partial charge >= 0.3 is 0 Å². The number of furan rings is 1. The fourth-order valence-corrected chi connectivity index (χ4v) is 7.58. The van der Waals surface area contributed by atoms with Crippen LogP contribution in [0.3, 0.4) is 0 Å². The Morgan fingerprint density at radius 3 is 2.15 bits per heavy atom. The zero-order valence-electron chi connectivity index (χ0n) is 22.0. The lowest BCUT2D eigenvalue weighted by Gasteiger charge is -2.08. The number of para-hydroxylation sites is 3. The fourth-order valence-electron chi connectivity index (χ4n) is 6.32. The third-order valence-electron chi connectivity index (χ3n) is 8.21. The van der Waals surface area contributed by atoms with Crippen LogP contribution in [-0.2, 0) is 0 Å². The molecule has 6 aromatic carbocycles. The minimum Gasteiger partial charge on any atom is -0.455 e. The lowest BCUT2D eigenvalue weighted by Crippen LogP contribution is -1.92. The summed E-state index contributed by atoms with van der Waals surface area (Å²) in [6, 6.07) is 49.8. The molecule has 0 spiro atoms. The highest BCUT2D eigenvalue weighted by molar-refractivity contribution is 7.26. The number of benzene rings is 6. The first kappa shape index (κ1) is 22.7. The fraction of sp³-hybridized carbons (Fsp3) is 0. The van der Waals surface area contributed by atoms with Crippen LogP contribution < -0.4 is 0 Å². The summed E-state index contributed by atoms with van der Waals surface area (Å²) in [5, 5.41) is 4.86. The quantitative estimate of drug-likeness (QED) is 0.217. The first-order valence-corrected chi connectivity index (χ1v) is 14.7. The van der Waals surface area contributed by atoms with E-state index in [-0.39, 0.29) is 0 Å². The summed E-state index contributed by atoms with van der Waals surface area (Å²) < 4.78 is 11.5. The molecular formula is C38H23NOS. The standard InChI is InChI=1S/C38H23NOS/c1-3-10-24(11-4-1)25-19-21-34-32(22-25)29-16-9-15-28(37(29)40-34)26-18-20-31-35(23-26)41-38-30-14-7-8-17-33(30)39(36(31)38)27-12-5-2-6-13-27/h1-23H. The number of hydrogen-bond acceptors (Lipinski definition) is 2. The van der Waals surface area contributed by atoms with Crippen molar-refractivity contribution in [2.24, 2.45) is 0 Å². The van der Waals surface area contributed by atoms with Crippen LogP contribution in [0.1, 0.15) is 0 Å².